The lowest BCUT2D eigenvalue weighted by Gasteiger charge is -2.57. The molecular weight excluding hydrogens is 380 g/mol. The fourth-order valence-corrected chi connectivity index (χ4v) is 8.41. The zero-order valence-corrected chi connectivity index (χ0v) is 18.4. The van der Waals surface area contributed by atoms with E-state index in [4.69, 9.17) is 4.74 Å². The molecule has 166 valence electrons. The molecule has 5 rings (SSSR count). The smallest absolute Gasteiger partial charge is 0.158 e. The minimum Gasteiger partial charge on any atom is -0.387 e. The Labute approximate surface area is 178 Å². The summed E-state index contributed by atoms with van der Waals surface area (Å²) < 4.78 is 6.88. The van der Waals surface area contributed by atoms with Crippen molar-refractivity contribution < 1.29 is 14.6 Å². The van der Waals surface area contributed by atoms with E-state index < -0.39 is 5.60 Å². The number of fused-ring (bicyclic) bond motifs is 5. The zero-order valence-electron chi connectivity index (χ0n) is 18.4. The highest BCUT2D eigenvalue weighted by Gasteiger charge is 2.59. The Balaban J connectivity index is 1.29. The number of Topliss-reactive ketones (excluding diaryl/α,β-unsaturated/α-hetero) is 1. The fraction of sp³-hybridized carbons (Fsp3) is 0.913. The second-order valence-electron chi connectivity index (χ2n) is 11.0. The largest absolute Gasteiger partial charge is 0.387 e. The van der Waals surface area contributed by atoms with E-state index >= 15 is 0 Å². The molecule has 30 heavy (non-hydrogen) atoms. The summed E-state index contributed by atoms with van der Waals surface area (Å²) in [6.07, 6.45) is 11.6. The van der Waals surface area contributed by atoms with Crippen molar-refractivity contribution in [2.24, 2.45) is 40.9 Å². The van der Waals surface area contributed by atoms with Crippen LogP contribution in [0.25, 0.3) is 0 Å². The van der Waals surface area contributed by atoms with Gasteiger partial charge in [0.2, 0.25) is 0 Å². The van der Waals surface area contributed by atoms with E-state index in [0.717, 1.165) is 49.9 Å². The van der Waals surface area contributed by atoms with Gasteiger partial charge in [-0.3, -0.25) is 4.79 Å². The molecule has 0 aliphatic heterocycles. The molecule has 7 nitrogen and oxygen atoms in total. The molecule has 0 unspecified atom stereocenters. The summed E-state index contributed by atoms with van der Waals surface area (Å²) in [4.78, 5) is 13.1. The Morgan fingerprint density at radius 1 is 1.13 bits per heavy atom. The number of hydrogen-bond acceptors (Lipinski definition) is 6. The number of methoxy groups -OCH3 is 1. The lowest BCUT2D eigenvalue weighted by atomic mass is 9.49. The highest BCUT2D eigenvalue weighted by Crippen LogP contribution is 2.64. The van der Waals surface area contributed by atoms with Gasteiger partial charge in [0, 0.05) is 13.0 Å². The molecular formula is C23H36N4O3. The van der Waals surface area contributed by atoms with Gasteiger partial charge >= 0.3 is 0 Å². The first-order valence-corrected chi connectivity index (χ1v) is 11.9. The van der Waals surface area contributed by atoms with Crippen LogP contribution in [0, 0.1) is 40.9 Å². The maximum absolute atomic E-state index is 13.1. The van der Waals surface area contributed by atoms with Crippen molar-refractivity contribution in [3.63, 3.8) is 0 Å². The molecule has 4 aliphatic carbocycles. The van der Waals surface area contributed by atoms with Crippen LogP contribution in [0.15, 0.2) is 6.33 Å². The van der Waals surface area contributed by atoms with E-state index in [9.17, 15) is 9.90 Å². The van der Waals surface area contributed by atoms with Crippen molar-refractivity contribution in [3.8, 4) is 0 Å². The predicted octanol–water partition coefficient (Wildman–Crippen LogP) is 2.89. The van der Waals surface area contributed by atoms with Crippen LogP contribution in [0.2, 0.25) is 0 Å². The van der Waals surface area contributed by atoms with Crippen LogP contribution in [0.4, 0.5) is 0 Å². The first kappa shape index (κ1) is 20.6. The lowest BCUT2D eigenvalue weighted by Crippen LogP contribution is -2.52. The Bertz CT molecular complexity index is 771. The predicted molar refractivity (Wildman–Crippen MR) is 110 cm³/mol. The number of hydrogen-bond donors (Lipinski definition) is 1. The number of ketones is 1. The van der Waals surface area contributed by atoms with Gasteiger partial charge in [-0.2, -0.15) is 0 Å². The van der Waals surface area contributed by atoms with Crippen LogP contribution in [-0.2, 0) is 16.1 Å². The molecule has 0 bridgehead atoms. The fourth-order valence-electron chi connectivity index (χ4n) is 8.41. The van der Waals surface area contributed by atoms with Crippen molar-refractivity contribution in [1.82, 2.24) is 20.2 Å². The third-order valence-corrected chi connectivity index (χ3v) is 9.61. The second-order valence-corrected chi connectivity index (χ2v) is 11.0. The molecule has 1 aromatic rings. The summed E-state index contributed by atoms with van der Waals surface area (Å²) >= 11 is 0. The summed E-state index contributed by atoms with van der Waals surface area (Å²) in [5.41, 5.74) is -0.489. The van der Waals surface area contributed by atoms with Gasteiger partial charge < -0.3 is 9.84 Å². The quantitative estimate of drug-likeness (QED) is 0.794. The molecule has 8 atom stereocenters. The molecule has 4 saturated carbocycles. The molecule has 1 aromatic heterocycles. The number of ether oxygens (including phenoxy) is 1. The average Bonchev–Trinajstić information content (AvgIpc) is 3.34. The van der Waals surface area contributed by atoms with E-state index in [1.807, 2.05) is 0 Å². The lowest BCUT2D eigenvalue weighted by molar-refractivity contribution is -0.136. The first-order chi connectivity index (χ1) is 14.4. The van der Waals surface area contributed by atoms with Crippen molar-refractivity contribution in [2.45, 2.75) is 76.9 Å². The minimum atomic E-state index is -0.618. The molecule has 1 heterocycles. The van der Waals surface area contributed by atoms with Crippen LogP contribution < -0.4 is 0 Å². The van der Waals surface area contributed by atoms with Crippen molar-refractivity contribution in [1.29, 1.82) is 0 Å². The first-order valence-electron chi connectivity index (χ1n) is 11.9. The van der Waals surface area contributed by atoms with E-state index in [-0.39, 0.29) is 11.3 Å². The second kappa shape index (κ2) is 7.66. The number of aromatic nitrogens is 4. The number of tetrazole rings is 1. The number of carbonyl (C=O) groups excluding carboxylic acids is 1. The van der Waals surface area contributed by atoms with E-state index in [2.05, 4.69) is 22.4 Å². The molecule has 0 aromatic carbocycles. The van der Waals surface area contributed by atoms with Gasteiger partial charge in [-0.05, 0) is 103 Å². The van der Waals surface area contributed by atoms with Crippen LogP contribution in [0.1, 0.15) is 64.7 Å². The molecule has 0 radical (unpaired) electrons. The number of carbonyl (C=O) groups is 1. The molecule has 4 aliphatic rings. The zero-order chi connectivity index (χ0) is 20.9. The number of nitrogens with zero attached hydrogens (tertiary/aromatic N) is 4. The van der Waals surface area contributed by atoms with E-state index in [0.29, 0.717) is 30.8 Å². The van der Waals surface area contributed by atoms with Gasteiger partial charge in [0.25, 0.3) is 0 Å². The van der Waals surface area contributed by atoms with Crippen LogP contribution in [0.5, 0.6) is 0 Å². The number of aliphatic hydroxyl groups is 1. The maximum Gasteiger partial charge on any atom is 0.158 e. The van der Waals surface area contributed by atoms with Crippen LogP contribution in [-0.4, -0.2) is 50.4 Å². The third-order valence-electron chi connectivity index (χ3n) is 9.61. The highest BCUT2D eigenvalue weighted by atomic mass is 16.5. The Morgan fingerprint density at radius 3 is 2.73 bits per heavy atom. The van der Waals surface area contributed by atoms with Gasteiger partial charge in [-0.1, -0.05) is 6.92 Å². The molecule has 4 fully saturated rings. The molecule has 0 spiro atoms. The third kappa shape index (κ3) is 3.32. The van der Waals surface area contributed by atoms with E-state index in [1.54, 1.807) is 18.1 Å². The van der Waals surface area contributed by atoms with Gasteiger partial charge in [-0.15, -0.1) is 5.10 Å². The van der Waals surface area contributed by atoms with Gasteiger partial charge in [-0.25, -0.2) is 4.68 Å². The standard InChI is InChI=1S/C23H36N4O3/c1-22-9-7-17-16-8-10-23(29,13-30-2)11-15(16)3-4-18(17)19(22)5-6-20(22)21(28)12-27-14-24-25-26-27/h14-20,29H,3-13H2,1-2H3/t15-,16-,17+,18+,19-,20+,22-,23+/m0/s1. The van der Waals surface area contributed by atoms with Gasteiger partial charge in [0.05, 0.1) is 12.2 Å². The van der Waals surface area contributed by atoms with Crippen LogP contribution >= 0.6 is 0 Å². The Kier molecular flexibility index (Phi) is 5.25. The normalized spacial score (nSPS) is 45.4. The summed E-state index contributed by atoms with van der Waals surface area (Å²) in [6, 6.07) is 0. The maximum atomic E-state index is 13.1. The SMILES string of the molecule is COC[C@@]1(O)CC[C@H]2[C@@H](CC[C@@H]3[C@@H]2CC[C@]2(C)[C@@H](C(=O)Cn4cnnn4)CC[C@@H]32)C1. The Hall–Kier alpha value is -1.34. The monoisotopic (exact) mass is 416 g/mol. The average molecular weight is 417 g/mol. The minimum absolute atomic E-state index is 0.130. The molecule has 7 heteroatoms. The molecule has 1 N–H and O–H groups in total. The summed E-state index contributed by atoms with van der Waals surface area (Å²) in [5.74, 6) is 4.04. The molecule has 0 amide bonds. The van der Waals surface area contributed by atoms with Crippen molar-refractivity contribution >= 4 is 5.78 Å². The van der Waals surface area contributed by atoms with Gasteiger partial charge in [0.1, 0.15) is 12.9 Å². The number of rotatable bonds is 5. The van der Waals surface area contributed by atoms with Gasteiger partial charge in [0.15, 0.2) is 5.78 Å². The van der Waals surface area contributed by atoms with E-state index in [1.165, 1.54) is 25.7 Å². The highest BCUT2D eigenvalue weighted by molar-refractivity contribution is 5.82. The summed E-state index contributed by atoms with van der Waals surface area (Å²) in [7, 11) is 1.69. The summed E-state index contributed by atoms with van der Waals surface area (Å²) in [6.45, 7) is 3.17. The molecule has 0 saturated heterocycles. The van der Waals surface area contributed by atoms with Crippen molar-refractivity contribution in [2.75, 3.05) is 13.7 Å². The Morgan fingerprint density at radius 2 is 1.97 bits per heavy atom. The topological polar surface area (TPSA) is 90.1 Å². The van der Waals surface area contributed by atoms with Crippen molar-refractivity contribution in [3.05, 3.63) is 6.33 Å². The van der Waals surface area contributed by atoms with Crippen LogP contribution in [0.3, 0.4) is 0 Å². The summed E-state index contributed by atoms with van der Waals surface area (Å²) in [5, 5.41) is 22.2.